The Balaban J connectivity index is 1.57. The largest absolute Gasteiger partial charge is 0.416 e. The quantitative estimate of drug-likeness (QED) is 0.486. The molecule has 174 valence electrons. The summed E-state index contributed by atoms with van der Waals surface area (Å²) in [6.45, 7) is 0.653. The van der Waals surface area contributed by atoms with Gasteiger partial charge in [0.25, 0.3) is 0 Å². The van der Waals surface area contributed by atoms with E-state index in [4.69, 9.17) is 5.73 Å². The SMILES string of the molecule is N[C@@H](CC(=O)N1CCCC1CNc1cc(C(F)(F)F)ccn1)Cc1cc(F)c(F)cc1F. The highest BCUT2D eigenvalue weighted by atomic mass is 19.4. The predicted octanol–water partition coefficient (Wildman–Crippen LogP) is 3.88. The van der Waals surface area contributed by atoms with Gasteiger partial charge in [0, 0.05) is 43.9 Å². The van der Waals surface area contributed by atoms with Gasteiger partial charge in [-0.2, -0.15) is 13.2 Å². The zero-order chi connectivity index (χ0) is 23.5. The molecule has 0 radical (unpaired) electrons. The van der Waals surface area contributed by atoms with Crippen molar-refractivity contribution in [1.82, 2.24) is 9.88 Å². The predicted molar refractivity (Wildman–Crippen MR) is 105 cm³/mol. The van der Waals surface area contributed by atoms with Gasteiger partial charge in [0.05, 0.1) is 5.56 Å². The van der Waals surface area contributed by atoms with Crippen molar-refractivity contribution in [3.05, 3.63) is 59.0 Å². The van der Waals surface area contributed by atoms with E-state index in [0.717, 1.165) is 24.4 Å². The first-order valence-corrected chi connectivity index (χ1v) is 10.00. The van der Waals surface area contributed by atoms with Crippen molar-refractivity contribution in [2.75, 3.05) is 18.4 Å². The summed E-state index contributed by atoms with van der Waals surface area (Å²) in [6.07, 6.45) is -2.38. The molecule has 0 bridgehead atoms. The second kappa shape index (κ2) is 9.76. The second-order valence-electron chi connectivity index (χ2n) is 7.72. The van der Waals surface area contributed by atoms with Gasteiger partial charge in [-0.1, -0.05) is 0 Å². The van der Waals surface area contributed by atoms with Crippen LogP contribution in [0.3, 0.4) is 0 Å². The highest BCUT2D eigenvalue weighted by Crippen LogP contribution is 2.30. The van der Waals surface area contributed by atoms with E-state index < -0.39 is 35.2 Å². The van der Waals surface area contributed by atoms with Crippen molar-refractivity contribution >= 4 is 11.7 Å². The molecule has 1 aromatic carbocycles. The Kier molecular flexibility index (Phi) is 7.27. The molecule has 1 aromatic heterocycles. The molecule has 3 N–H and O–H groups in total. The molecule has 1 unspecified atom stereocenters. The number of aromatic nitrogens is 1. The molecular formula is C21H22F6N4O. The lowest BCUT2D eigenvalue weighted by Crippen LogP contribution is -2.42. The molecule has 5 nitrogen and oxygen atoms in total. The Morgan fingerprint density at radius 1 is 1.19 bits per heavy atom. The fourth-order valence-electron chi connectivity index (χ4n) is 3.72. The first-order valence-electron chi connectivity index (χ1n) is 10.00. The molecule has 11 heteroatoms. The van der Waals surface area contributed by atoms with Crippen LogP contribution in [0.25, 0.3) is 0 Å². The molecule has 3 rings (SSSR count). The number of rotatable bonds is 7. The number of nitrogens with one attached hydrogen (secondary N) is 1. The summed E-state index contributed by atoms with van der Waals surface area (Å²) >= 11 is 0. The molecule has 1 saturated heterocycles. The third-order valence-electron chi connectivity index (χ3n) is 5.31. The molecule has 0 spiro atoms. The van der Waals surface area contributed by atoms with Crippen molar-refractivity contribution in [3.8, 4) is 0 Å². The van der Waals surface area contributed by atoms with E-state index in [1.165, 1.54) is 0 Å². The standard InChI is InChI=1S/C21H22F6N4O/c22-16-10-18(24)17(23)7-12(16)6-14(28)9-20(32)31-5-1-2-15(31)11-30-19-8-13(3-4-29-19)21(25,26)27/h3-4,7-8,10,14-15H,1-2,5-6,9,11,28H2,(H,29,30)/t14-,15?/m1/s1. The number of amides is 1. The van der Waals surface area contributed by atoms with E-state index >= 15 is 0 Å². The van der Waals surface area contributed by atoms with Crippen molar-refractivity contribution in [3.63, 3.8) is 0 Å². The molecule has 1 aliphatic rings. The van der Waals surface area contributed by atoms with E-state index in [2.05, 4.69) is 10.3 Å². The van der Waals surface area contributed by atoms with Crippen LogP contribution in [-0.4, -0.2) is 41.0 Å². The molecule has 1 fully saturated rings. The van der Waals surface area contributed by atoms with Crippen LogP contribution in [0.4, 0.5) is 32.2 Å². The average molecular weight is 460 g/mol. The summed E-state index contributed by atoms with van der Waals surface area (Å²) in [4.78, 5) is 18.1. The highest BCUT2D eigenvalue weighted by Gasteiger charge is 2.32. The number of carbonyl (C=O) groups is 1. The zero-order valence-electron chi connectivity index (χ0n) is 16.9. The Labute approximate surface area is 180 Å². The number of halogens is 6. The molecule has 1 amide bonds. The molecule has 2 heterocycles. The van der Waals surface area contributed by atoms with Crippen LogP contribution < -0.4 is 11.1 Å². The lowest BCUT2D eigenvalue weighted by Gasteiger charge is -2.26. The van der Waals surface area contributed by atoms with E-state index in [-0.39, 0.29) is 42.7 Å². The van der Waals surface area contributed by atoms with E-state index in [9.17, 15) is 31.1 Å². The highest BCUT2D eigenvalue weighted by molar-refractivity contribution is 5.77. The van der Waals surface area contributed by atoms with Crippen LogP contribution in [-0.2, 0) is 17.4 Å². The number of hydrogen-bond donors (Lipinski definition) is 2. The molecule has 32 heavy (non-hydrogen) atoms. The van der Waals surface area contributed by atoms with Crippen LogP contribution in [0.15, 0.2) is 30.5 Å². The van der Waals surface area contributed by atoms with Crippen LogP contribution in [0.1, 0.15) is 30.4 Å². The maximum atomic E-state index is 13.8. The van der Waals surface area contributed by atoms with Gasteiger partial charge in [-0.05, 0) is 43.0 Å². The van der Waals surface area contributed by atoms with E-state index in [1.54, 1.807) is 4.90 Å². The number of nitrogens with two attached hydrogens (primary N) is 1. The lowest BCUT2D eigenvalue weighted by atomic mass is 10.0. The third-order valence-corrected chi connectivity index (χ3v) is 5.31. The zero-order valence-corrected chi connectivity index (χ0v) is 16.9. The van der Waals surface area contributed by atoms with Crippen molar-refractivity contribution < 1.29 is 31.1 Å². The van der Waals surface area contributed by atoms with Gasteiger partial charge in [0.15, 0.2) is 11.6 Å². The Morgan fingerprint density at radius 2 is 1.91 bits per heavy atom. The van der Waals surface area contributed by atoms with Gasteiger partial charge in [0.1, 0.15) is 11.6 Å². The minimum atomic E-state index is -4.49. The molecular weight excluding hydrogens is 438 g/mol. The molecule has 0 aliphatic carbocycles. The number of likely N-dealkylation sites (tertiary alicyclic amines) is 1. The minimum absolute atomic E-state index is 0.0460. The summed E-state index contributed by atoms with van der Waals surface area (Å²) < 4.78 is 78.7. The fourth-order valence-corrected chi connectivity index (χ4v) is 3.72. The Hall–Kier alpha value is -2.82. The summed E-state index contributed by atoms with van der Waals surface area (Å²) in [5.41, 5.74) is 4.98. The molecule has 0 saturated carbocycles. The van der Waals surface area contributed by atoms with Crippen LogP contribution >= 0.6 is 0 Å². The Bertz CT molecular complexity index is 968. The molecule has 2 atom stereocenters. The lowest BCUT2D eigenvalue weighted by molar-refractivity contribution is -0.137. The summed E-state index contributed by atoms with van der Waals surface area (Å²) in [5.74, 6) is -3.71. The number of hydrogen-bond acceptors (Lipinski definition) is 4. The van der Waals surface area contributed by atoms with Gasteiger partial charge in [-0.15, -0.1) is 0 Å². The molecule has 2 aromatic rings. The van der Waals surface area contributed by atoms with Crippen LogP contribution in [0.2, 0.25) is 0 Å². The smallest absolute Gasteiger partial charge is 0.368 e. The van der Waals surface area contributed by atoms with Crippen LogP contribution in [0.5, 0.6) is 0 Å². The van der Waals surface area contributed by atoms with E-state index in [1.807, 2.05) is 0 Å². The maximum Gasteiger partial charge on any atom is 0.416 e. The third kappa shape index (κ3) is 5.90. The number of anilines is 1. The first kappa shape index (κ1) is 23.8. The maximum absolute atomic E-state index is 13.8. The normalized spacial score (nSPS) is 17.5. The first-order chi connectivity index (χ1) is 15.0. The Morgan fingerprint density at radius 3 is 2.62 bits per heavy atom. The average Bonchev–Trinajstić information content (AvgIpc) is 3.19. The monoisotopic (exact) mass is 460 g/mol. The number of benzene rings is 1. The number of alkyl halides is 3. The van der Waals surface area contributed by atoms with Gasteiger partial charge in [-0.3, -0.25) is 4.79 Å². The molecule has 1 aliphatic heterocycles. The van der Waals surface area contributed by atoms with Crippen molar-refractivity contribution in [1.29, 1.82) is 0 Å². The fraction of sp³-hybridized carbons (Fsp3) is 0.429. The summed E-state index contributed by atoms with van der Waals surface area (Å²) in [7, 11) is 0. The number of pyridine rings is 1. The van der Waals surface area contributed by atoms with Crippen molar-refractivity contribution in [2.24, 2.45) is 5.73 Å². The topological polar surface area (TPSA) is 71.2 Å². The minimum Gasteiger partial charge on any atom is -0.368 e. The summed E-state index contributed by atoms with van der Waals surface area (Å²) in [6, 6.07) is 1.83. The van der Waals surface area contributed by atoms with Crippen LogP contribution in [0, 0.1) is 17.5 Å². The van der Waals surface area contributed by atoms with E-state index in [0.29, 0.717) is 25.5 Å². The van der Waals surface area contributed by atoms with Gasteiger partial charge in [0.2, 0.25) is 5.91 Å². The van der Waals surface area contributed by atoms with Crippen molar-refractivity contribution in [2.45, 2.75) is 43.9 Å². The summed E-state index contributed by atoms with van der Waals surface area (Å²) in [5, 5.41) is 2.83. The van der Waals surface area contributed by atoms with Gasteiger partial charge < -0.3 is 16.0 Å². The van der Waals surface area contributed by atoms with Gasteiger partial charge in [-0.25, -0.2) is 18.2 Å². The second-order valence-corrected chi connectivity index (χ2v) is 7.72. The van der Waals surface area contributed by atoms with Gasteiger partial charge >= 0.3 is 6.18 Å². The number of carbonyl (C=O) groups excluding carboxylic acids is 1. The number of nitrogens with zero attached hydrogens (tertiary/aromatic N) is 2.